The van der Waals surface area contributed by atoms with E-state index in [1.807, 2.05) is 62.4 Å². The minimum atomic E-state index is -0.767. The van der Waals surface area contributed by atoms with Gasteiger partial charge in [-0.1, -0.05) is 87.5 Å². The van der Waals surface area contributed by atoms with Crippen LogP contribution in [0.25, 0.3) is 21.3 Å². The van der Waals surface area contributed by atoms with Gasteiger partial charge in [0.25, 0.3) is 0 Å². The summed E-state index contributed by atoms with van der Waals surface area (Å²) >= 11 is 14.4. The molecular formula is C55H69Cl2N9O7S. The minimum Gasteiger partial charge on any atom is -0.495 e. The van der Waals surface area contributed by atoms with Crippen LogP contribution >= 0.6 is 34.5 Å². The first-order valence-electron chi connectivity index (χ1n) is 25.4. The number of carbonyl (C=O) groups is 3. The molecule has 0 spiro atoms. The fourth-order valence-electron chi connectivity index (χ4n) is 9.53. The summed E-state index contributed by atoms with van der Waals surface area (Å²) in [6.45, 7) is 13.4. The number of nitrogens with zero attached hydrogens (tertiary/aromatic N) is 6. The molecule has 3 atom stereocenters. The molecule has 2 aliphatic rings. The number of carbonyl (C=O) groups excluding carboxylic acids is 3. The van der Waals surface area contributed by atoms with Gasteiger partial charge >= 0.3 is 0 Å². The van der Waals surface area contributed by atoms with E-state index in [-0.39, 0.29) is 30.7 Å². The van der Waals surface area contributed by atoms with E-state index in [2.05, 4.69) is 36.9 Å². The van der Waals surface area contributed by atoms with Crippen LogP contribution in [-0.2, 0) is 20.9 Å². The Labute approximate surface area is 448 Å². The number of fused-ring (bicyclic) bond motifs is 1. The third-order valence-electron chi connectivity index (χ3n) is 13.7. The topological polar surface area (TPSA) is 195 Å². The molecule has 0 aliphatic carbocycles. The monoisotopic (exact) mass is 1070 g/mol. The highest BCUT2D eigenvalue weighted by Gasteiger charge is 2.43. The van der Waals surface area contributed by atoms with Gasteiger partial charge in [0.15, 0.2) is 11.5 Å². The molecule has 16 nitrogen and oxygen atoms in total. The van der Waals surface area contributed by atoms with Crippen LogP contribution < -0.4 is 30.2 Å². The average Bonchev–Trinajstić information content (AvgIpc) is 4.01. The molecule has 0 radical (unpaired) electrons. The average molecular weight is 1070 g/mol. The third kappa shape index (κ3) is 14.3. The molecule has 19 heteroatoms. The van der Waals surface area contributed by atoms with Gasteiger partial charge < -0.3 is 45.1 Å². The van der Waals surface area contributed by atoms with Crippen molar-refractivity contribution in [3.63, 3.8) is 0 Å². The SMILES string of the molecule is COc1cc(Nc2c(C#N)cnc3cc(OCCCN4CCN(C(=O)CCCCCCCN[C@H](C(=O)N5C[C@H](O)C[C@H]5C(=O)NCc5ccc(-c6scnc6C)cc5)C(C)(C)C)CC4)c(OC)cc23)c(Cl)cc1Cl. The molecule has 0 bridgehead atoms. The van der Waals surface area contributed by atoms with E-state index in [0.29, 0.717) is 94.3 Å². The van der Waals surface area contributed by atoms with Crippen LogP contribution in [0.3, 0.4) is 0 Å². The molecule has 2 aromatic heterocycles. The molecule has 2 fully saturated rings. The van der Waals surface area contributed by atoms with Gasteiger partial charge in [-0.25, -0.2) is 4.98 Å². The number of nitriles is 1. The predicted molar refractivity (Wildman–Crippen MR) is 292 cm³/mol. The lowest BCUT2D eigenvalue weighted by atomic mass is 9.85. The van der Waals surface area contributed by atoms with Crippen molar-refractivity contribution in [3.8, 4) is 33.8 Å². The Kier molecular flexibility index (Phi) is 19.8. The highest BCUT2D eigenvalue weighted by atomic mass is 35.5. The van der Waals surface area contributed by atoms with Gasteiger partial charge in [-0.3, -0.25) is 24.3 Å². The van der Waals surface area contributed by atoms with Crippen LogP contribution in [0.15, 0.2) is 60.2 Å². The molecule has 7 rings (SSSR count). The molecule has 5 aromatic rings. The van der Waals surface area contributed by atoms with Gasteiger partial charge in [-0.2, -0.15) is 5.26 Å². The number of rotatable bonds is 23. The molecule has 3 amide bonds. The predicted octanol–water partition coefficient (Wildman–Crippen LogP) is 9.14. The Morgan fingerprint density at radius 2 is 1.65 bits per heavy atom. The smallest absolute Gasteiger partial charge is 0.243 e. The highest BCUT2D eigenvalue weighted by molar-refractivity contribution is 7.13. The number of halogens is 2. The first-order chi connectivity index (χ1) is 35.6. The molecule has 74 heavy (non-hydrogen) atoms. The van der Waals surface area contributed by atoms with E-state index >= 15 is 0 Å². The van der Waals surface area contributed by atoms with Gasteiger partial charge in [0.1, 0.15) is 17.9 Å². The third-order valence-corrected chi connectivity index (χ3v) is 15.3. The Morgan fingerprint density at radius 3 is 2.34 bits per heavy atom. The summed E-state index contributed by atoms with van der Waals surface area (Å²) in [7, 11) is 3.08. The number of hydrogen-bond donors (Lipinski definition) is 4. The number of anilines is 2. The lowest BCUT2D eigenvalue weighted by molar-refractivity contribution is -0.142. The van der Waals surface area contributed by atoms with Crippen molar-refractivity contribution in [1.29, 1.82) is 5.26 Å². The van der Waals surface area contributed by atoms with Gasteiger partial charge in [0.05, 0.1) is 81.6 Å². The molecule has 2 saturated heterocycles. The van der Waals surface area contributed by atoms with E-state index in [0.717, 1.165) is 79.9 Å². The normalized spacial score (nSPS) is 16.5. The van der Waals surface area contributed by atoms with Crippen molar-refractivity contribution < 1.29 is 33.7 Å². The second-order valence-corrected chi connectivity index (χ2v) is 21.7. The summed E-state index contributed by atoms with van der Waals surface area (Å²) in [6.07, 6.45) is 6.87. The maximum atomic E-state index is 14.1. The van der Waals surface area contributed by atoms with Crippen molar-refractivity contribution in [1.82, 2.24) is 35.3 Å². The summed E-state index contributed by atoms with van der Waals surface area (Å²) in [5, 5.41) is 31.7. The molecular weight excluding hydrogens is 1000 g/mol. The number of amides is 3. The zero-order valence-corrected chi connectivity index (χ0v) is 45.6. The Morgan fingerprint density at radius 1 is 0.919 bits per heavy atom. The van der Waals surface area contributed by atoms with E-state index in [1.54, 1.807) is 47.6 Å². The van der Waals surface area contributed by atoms with Crippen LogP contribution in [0.1, 0.15) is 89.0 Å². The molecule has 3 aromatic carbocycles. The van der Waals surface area contributed by atoms with Gasteiger partial charge in [0.2, 0.25) is 17.7 Å². The molecule has 0 unspecified atom stereocenters. The first kappa shape index (κ1) is 56.0. The lowest BCUT2D eigenvalue weighted by Gasteiger charge is -2.35. The summed E-state index contributed by atoms with van der Waals surface area (Å²) < 4.78 is 17.3. The van der Waals surface area contributed by atoms with Crippen molar-refractivity contribution in [2.24, 2.45) is 5.41 Å². The number of aromatic nitrogens is 2. The zero-order valence-electron chi connectivity index (χ0n) is 43.3. The van der Waals surface area contributed by atoms with Crippen LogP contribution in [0.2, 0.25) is 10.0 Å². The van der Waals surface area contributed by atoms with E-state index in [4.69, 9.17) is 37.4 Å². The first-order valence-corrected chi connectivity index (χ1v) is 27.0. The number of pyridine rings is 1. The van der Waals surface area contributed by atoms with Crippen LogP contribution in [0.5, 0.6) is 17.2 Å². The molecule has 2 aliphatic heterocycles. The molecule has 396 valence electrons. The Hall–Kier alpha value is -5.74. The van der Waals surface area contributed by atoms with Gasteiger partial charge in [0, 0.05) is 82.4 Å². The van der Waals surface area contributed by atoms with Crippen molar-refractivity contribution in [2.75, 3.05) is 72.0 Å². The summed E-state index contributed by atoms with van der Waals surface area (Å²) in [4.78, 5) is 56.6. The van der Waals surface area contributed by atoms with E-state index in [1.165, 1.54) is 13.3 Å². The number of ether oxygens (including phenoxy) is 3. The van der Waals surface area contributed by atoms with Crippen molar-refractivity contribution in [3.05, 3.63) is 87.1 Å². The minimum absolute atomic E-state index is 0.122. The van der Waals surface area contributed by atoms with Crippen LogP contribution in [0.4, 0.5) is 11.4 Å². The van der Waals surface area contributed by atoms with E-state index in [9.17, 15) is 24.8 Å². The maximum absolute atomic E-state index is 14.1. The quantitative estimate of drug-likeness (QED) is 0.0453. The second-order valence-electron chi connectivity index (χ2n) is 20.0. The molecule has 0 saturated carbocycles. The summed E-state index contributed by atoms with van der Waals surface area (Å²) in [5.74, 6) is 1.23. The number of likely N-dealkylation sites (tertiary alicyclic amines) is 1. The van der Waals surface area contributed by atoms with Crippen LogP contribution in [-0.4, -0.2) is 132 Å². The number of piperazine rings is 1. The van der Waals surface area contributed by atoms with Crippen LogP contribution in [0, 0.1) is 23.7 Å². The second kappa shape index (κ2) is 26.2. The van der Waals surface area contributed by atoms with Gasteiger partial charge in [-0.15, -0.1) is 11.3 Å². The number of thiazole rings is 1. The number of aryl methyl sites for hydroxylation is 1. The summed E-state index contributed by atoms with van der Waals surface area (Å²) in [5.41, 5.74) is 6.36. The largest absolute Gasteiger partial charge is 0.495 e. The maximum Gasteiger partial charge on any atom is 0.243 e. The van der Waals surface area contributed by atoms with Crippen molar-refractivity contribution in [2.45, 2.75) is 104 Å². The number of nitrogens with one attached hydrogen (secondary N) is 3. The number of hydrogen-bond acceptors (Lipinski definition) is 14. The number of benzene rings is 3. The number of methoxy groups -OCH3 is 2. The number of aliphatic hydroxyl groups is 1. The Bertz CT molecular complexity index is 2770. The standard InChI is InChI=1S/C55H69Cl2N9O7S/c1-35-51(74-34-62-35)37-16-14-36(15-17-37)31-61-53(69)45-25-39(67)33-66(45)54(70)52(55(2,3)4)59-18-11-9-7-8-10-13-49(68)65-22-20-64(21-23-65)19-12-24-73-48-28-43-40(26-47(48)72-6)50(38(30-58)32-60-43)63-44-29-46(71-5)42(57)27-41(44)56/h14-17,26-29,32,34,39,45,52,59,67H,7-13,18-25,31,33H2,1-6H3,(H,60,63)(H,61,69)/t39-,45+,52-/m1/s1. The van der Waals surface area contributed by atoms with E-state index < -0.39 is 23.6 Å². The summed E-state index contributed by atoms with van der Waals surface area (Å²) in [6, 6.07) is 15.8. The number of β-amino-alcohol motifs (C(OH)–C–C–N with tert-alkyl or cyclic N) is 1. The number of unbranched alkanes of at least 4 members (excludes halogenated alkanes) is 4. The lowest BCUT2D eigenvalue weighted by Crippen LogP contribution is -2.56. The molecule has 4 N–H and O–H groups in total. The molecule has 4 heterocycles. The zero-order chi connectivity index (χ0) is 52.9. The van der Waals surface area contributed by atoms with Gasteiger partial charge in [-0.05, 0) is 61.4 Å². The van der Waals surface area contributed by atoms with Crippen molar-refractivity contribution >= 4 is 74.5 Å². The fourth-order valence-corrected chi connectivity index (χ4v) is 10.8. The number of aliphatic hydroxyl groups excluding tert-OH is 1. The fraction of sp³-hybridized carbons (Fsp3) is 0.491. The Balaban J connectivity index is 0.777. The highest BCUT2D eigenvalue weighted by Crippen LogP contribution is 2.41.